The van der Waals surface area contributed by atoms with Crippen LogP contribution in [0.1, 0.15) is 39.0 Å². The summed E-state index contributed by atoms with van der Waals surface area (Å²) in [6.07, 6.45) is 8.50. The molecule has 1 unspecified atom stereocenters. The smallest absolute Gasteiger partial charge is 0.220 e. The van der Waals surface area contributed by atoms with Crippen LogP contribution in [0.25, 0.3) is 0 Å². The number of aliphatic hydroxyl groups is 1. The van der Waals surface area contributed by atoms with Crippen LogP contribution in [0.4, 0.5) is 0 Å². The normalized spacial score (nSPS) is 11.8. The maximum Gasteiger partial charge on any atom is 0.220 e. The number of amides is 1. The second-order valence-corrected chi connectivity index (χ2v) is 3.26. The fourth-order valence-corrected chi connectivity index (χ4v) is 1.14. The summed E-state index contributed by atoms with van der Waals surface area (Å²) in [5, 5.41) is 11.4. The Kier molecular flexibility index (Phi) is 7.96. The van der Waals surface area contributed by atoms with Gasteiger partial charge in [-0.3, -0.25) is 4.79 Å². The third-order valence-electron chi connectivity index (χ3n) is 2.03. The van der Waals surface area contributed by atoms with Gasteiger partial charge in [-0.2, -0.15) is 0 Å². The van der Waals surface area contributed by atoms with Crippen molar-refractivity contribution < 1.29 is 9.90 Å². The van der Waals surface area contributed by atoms with Gasteiger partial charge in [-0.25, -0.2) is 0 Å². The van der Waals surface area contributed by atoms with Crippen LogP contribution in [0.5, 0.6) is 0 Å². The first kappa shape index (κ1) is 13.0. The Balaban J connectivity index is 3.63. The molecule has 80 valence electrons. The summed E-state index contributed by atoms with van der Waals surface area (Å²) in [6.45, 7) is 2.14. The molecule has 0 aliphatic heterocycles. The van der Waals surface area contributed by atoms with Crippen molar-refractivity contribution >= 4 is 5.91 Å². The molecule has 0 fully saturated rings. The van der Waals surface area contributed by atoms with E-state index in [1.54, 1.807) is 0 Å². The number of carbonyl (C=O) groups is 1. The van der Waals surface area contributed by atoms with Gasteiger partial charge in [0, 0.05) is 25.5 Å². The number of hydrogen-bond donors (Lipinski definition) is 2. The van der Waals surface area contributed by atoms with Gasteiger partial charge in [0.2, 0.25) is 5.91 Å². The molecular weight excluding hydrogens is 178 g/mol. The molecular formula is C11H19NO2. The van der Waals surface area contributed by atoms with E-state index >= 15 is 0 Å². The van der Waals surface area contributed by atoms with Gasteiger partial charge in [0.25, 0.3) is 0 Å². The third-order valence-corrected chi connectivity index (χ3v) is 2.03. The number of rotatable bonds is 7. The molecule has 0 spiro atoms. The molecule has 0 bridgehead atoms. The molecule has 0 aliphatic carbocycles. The summed E-state index contributed by atoms with van der Waals surface area (Å²) in [5.41, 5.74) is 0. The Bertz CT molecular complexity index is 196. The Labute approximate surface area is 85.9 Å². The predicted octanol–water partition coefficient (Wildman–Crippen LogP) is 1.07. The maximum atomic E-state index is 11.3. The molecule has 0 rings (SSSR count). The van der Waals surface area contributed by atoms with Crippen molar-refractivity contribution in [3.05, 3.63) is 0 Å². The molecule has 0 heterocycles. The minimum Gasteiger partial charge on any atom is -0.396 e. The van der Waals surface area contributed by atoms with E-state index in [4.69, 9.17) is 11.5 Å². The van der Waals surface area contributed by atoms with Crippen LogP contribution in [-0.4, -0.2) is 23.7 Å². The minimum absolute atomic E-state index is 0.0283. The molecule has 0 aromatic heterocycles. The summed E-state index contributed by atoms with van der Waals surface area (Å²) >= 11 is 0. The third kappa shape index (κ3) is 6.50. The molecule has 2 N–H and O–H groups in total. The lowest BCUT2D eigenvalue weighted by atomic mass is 10.1. The maximum absolute atomic E-state index is 11.3. The lowest BCUT2D eigenvalue weighted by molar-refractivity contribution is -0.121. The van der Waals surface area contributed by atoms with Crippen molar-refractivity contribution in [3.8, 4) is 12.3 Å². The highest BCUT2D eigenvalue weighted by atomic mass is 16.2. The van der Waals surface area contributed by atoms with Gasteiger partial charge < -0.3 is 10.4 Å². The number of unbranched alkanes of at least 4 members (excludes halogenated alkanes) is 1. The van der Waals surface area contributed by atoms with Crippen LogP contribution in [0.2, 0.25) is 0 Å². The highest BCUT2D eigenvalue weighted by Gasteiger charge is 2.08. The number of carbonyl (C=O) groups excluding carboxylic acids is 1. The number of aliphatic hydroxyl groups excluding tert-OH is 1. The van der Waals surface area contributed by atoms with Gasteiger partial charge in [0.15, 0.2) is 0 Å². The van der Waals surface area contributed by atoms with Crippen molar-refractivity contribution in [2.75, 3.05) is 6.61 Å². The van der Waals surface area contributed by atoms with Gasteiger partial charge in [0.05, 0.1) is 0 Å². The summed E-state index contributed by atoms with van der Waals surface area (Å²) in [7, 11) is 0. The predicted molar refractivity (Wildman–Crippen MR) is 56.6 cm³/mol. The molecule has 1 amide bonds. The SMILES string of the molecule is C#CCC(CC)NC(=O)CCCCO. The van der Waals surface area contributed by atoms with Crippen molar-refractivity contribution in [2.45, 2.75) is 45.1 Å². The average Bonchev–Trinajstić information content (AvgIpc) is 2.17. The first-order chi connectivity index (χ1) is 6.74. The highest BCUT2D eigenvalue weighted by molar-refractivity contribution is 5.76. The summed E-state index contributed by atoms with van der Waals surface area (Å²) in [5.74, 6) is 2.56. The Morgan fingerprint density at radius 1 is 1.57 bits per heavy atom. The van der Waals surface area contributed by atoms with Crippen LogP contribution < -0.4 is 5.32 Å². The molecule has 0 aromatic carbocycles. The molecule has 0 radical (unpaired) electrons. The first-order valence-electron chi connectivity index (χ1n) is 5.08. The van der Waals surface area contributed by atoms with E-state index in [2.05, 4.69) is 11.2 Å². The quantitative estimate of drug-likeness (QED) is 0.474. The van der Waals surface area contributed by atoms with Crippen LogP contribution in [0.15, 0.2) is 0 Å². The molecule has 0 saturated carbocycles. The van der Waals surface area contributed by atoms with Crippen LogP contribution in [-0.2, 0) is 4.79 Å². The van der Waals surface area contributed by atoms with E-state index in [1.807, 2.05) is 6.92 Å². The van der Waals surface area contributed by atoms with E-state index < -0.39 is 0 Å². The van der Waals surface area contributed by atoms with E-state index in [1.165, 1.54) is 0 Å². The van der Waals surface area contributed by atoms with Gasteiger partial charge in [-0.05, 0) is 19.3 Å². The fourth-order valence-electron chi connectivity index (χ4n) is 1.14. The minimum atomic E-state index is 0.0283. The summed E-state index contributed by atoms with van der Waals surface area (Å²) < 4.78 is 0. The van der Waals surface area contributed by atoms with E-state index in [9.17, 15) is 4.79 Å². The van der Waals surface area contributed by atoms with Crippen LogP contribution >= 0.6 is 0 Å². The number of nitrogens with one attached hydrogen (secondary N) is 1. The lowest BCUT2D eigenvalue weighted by Crippen LogP contribution is -2.33. The Morgan fingerprint density at radius 2 is 2.29 bits per heavy atom. The first-order valence-corrected chi connectivity index (χ1v) is 5.08. The van der Waals surface area contributed by atoms with Gasteiger partial charge in [0.1, 0.15) is 0 Å². The topological polar surface area (TPSA) is 49.3 Å². The van der Waals surface area contributed by atoms with Crippen molar-refractivity contribution in [3.63, 3.8) is 0 Å². The van der Waals surface area contributed by atoms with E-state index in [0.29, 0.717) is 19.3 Å². The molecule has 0 aliphatic rings. The Morgan fingerprint density at radius 3 is 2.79 bits per heavy atom. The summed E-state index contributed by atoms with van der Waals surface area (Å²) in [6, 6.07) is 0.0987. The average molecular weight is 197 g/mol. The lowest BCUT2D eigenvalue weighted by Gasteiger charge is -2.13. The molecule has 3 nitrogen and oxygen atoms in total. The zero-order chi connectivity index (χ0) is 10.8. The van der Waals surface area contributed by atoms with Gasteiger partial charge >= 0.3 is 0 Å². The van der Waals surface area contributed by atoms with Gasteiger partial charge in [-0.1, -0.05) is 6.92 Å². The number of terminal acetylenes is 1. The molecule has 3 heteroatoms. The fraction of sp³-hybridized carbons (Fsp3) is 0.727. The Hall–Kier alpha value is -1.01. The molecule has 14 heavy (non-hydrogen) atoms. The second kappa shape index (κ2) is 8.58. The standard InChI is InChI=1S/C11H19NO2/c1-3-7-10(4-2)12-11(14)8-5-6-9-13/h1,10,13H,4-9H2,2H3,(H,12,14). The van der Waals surface area contributed by atoms with Crippen LogP contribution in [0.3, 0.4) is 0 Å². The van der Waals surface area contributed by atoms with E-state index in [-0.39, 0.29) is 18.6 Å². The molecule has 1 atom stereocenters. The monoisotopic (exact) mass is 197 g/mol. The molecule has 0 aromatic rings. The largest absolute Gasteiger partial charge is 0.396 e. The van der Waals surface area contributed by atoms with Crippen molar-refractivity contribution in [2.24, 2.45) is 0 Å². The van der Waals surface area contributed by atoms with Crippen LogP contribution in [0, 0.1) is 12.3 Å². The van der Waals surface area contributed by atoms with E-state index in [0.717, 1.165) is 12.8 Å². The van der Waals surface area contributed by atoms with Crippen molar-refractivity contribution in [1.29, 1.82) is 0 Å². The number of hydrogen-bond acceptors (Lipinski definition) is 2. The second-order valence-electron chi connectivity index (χ2n) is 3.26. The van der Waals surface area contributed by atoms with Gasteiger partial charge in [-0.15, -0.1) is 12.3 Å². The highest BCUT2D eigenvalue weighted by Crippen LogP contribution is 1.99. The van der Waals surface area contributed by atoms with Crippen molar-refractivity contribution in [1.82, 2.24) is 5.32 Å². The summed E-state index contributed by atoms with van der Waals surface area (Å²) in [4.78, 5) is 11.3. The molecule has 0 saturated heterocycles. The zero-order valence-corrected chi connectivity index (χ0v) is 8.75. The zero-order valence-electron chi connectivity index (χ0n) is 8.75.